The number of methoxy groups -OCH3 is 2. The van der Waals surface area contributed by atoms with Crippen LogP contribution in [0.3, 0.4) is 0 Å². The third-order valence-corrected chi connectivity index (χ3v) is 6.03. The minimum absolute atomic E-state index is 0.566. The van der Waals surface area contributed by atoms with Crippen LogP contribution in [0.25, 0.3) is 11.0 Å². The van der Waals surface area contributed by atoms with Gasteiger partial charge in [0, 0.05) is 25.7 Å². The van der Waals surface area contributed by atoms with Gasteiger partial charge in [-0.25, -0.2) is 4.63 Å². The van der Waals surface area contributed by atoms with Gasteiger partial charge in [0.05, 0.1) is 14.2 Å². The molecule has 1 atom stereocenters. The molecule has 0 spiro atoms. The van der Waals surface area contributed by atoms with Gasteiger partial charge in [-0.1, -0.05) is 12.1 Å². The van der Waals surface area contributed by atoms with Crippen LogP contribution in [0.15, 0.2) is 41.0 Å². The first-order chi connectivity index (χ1) is 14.7. The second-order valence-electron chi connectivity index (χ2n) is 8.04. The van der Waals surface area contributed by atoms with E-state index in [2.05, 4.69) is 51.4 Å². The van der Waals surface area contributed by atoms with Gasteiger partial charge in [-0.05, 0) is 78.6 Å². The van der Waals surface area contributed by atoms with Crippen molar-refractivity contribution < 1.29 is 14.1 Å². The Morgan fingerprint density at radius 2 is 1.83 bits per heavy atom. The highest BCUT2D eigenvalue weighted by molar-refractivity contribution is 5.73. The summed E-state index contributed by atoms with van der Waals surface area (Å²) in [5, 5.41) is 7.85. The molecule has 0 bridgehead atoms. The lowest BCUT2D eigenvalue weighted by molar-refractivity contribution is 0.112. The molecule has 0 unspecified atom stereocenters. The quantitative estimate of drug-likeness (QED) is 0.564. The second-order valence-corrected chi connectivity index (χ2v) is 8.04. The first kappa shape index (κ1) is 20.6. The normalized spacial score (nSPS) is 17.5. The van der Waals surface area contributed by atoms with E-state index < -0.39 is 0 Å². The Morgan fingerprint density at radius 1 is 1.03 bits per heavy atom. The number of likely N-dealkylation sites (tertiary alicyclic amines) is 1. The summed E-state index contributed by atoms with van der Waals surface area (Å²) in [6.07, 6.45) is 3.45. The van der Waals surface area contributed by atoms with Gasteiger partial charge in [-0.2, -0.15) is 0 Å². The largest absolute Gasteiger partial charge is 0.493 e. The van der Waals surface area contributed by atoms with Crippen LogP contribution in [0.5, 0.6) is 11.5 Å². The van der Waals surface area contributed by atoms with Gasteiger partial charge >= 0.3 is 0 Å². The molecule has 1 aliphatic rings. The smallest absolute Gasteiger partial charge is 0.160 e. The highest BCUT2D eigenvalue weighted by Gasteiger charge is 2.23. The summed E-state index contributed by atoms with van der Waals surface area (Å²) < 4.78 is 15.6. The lowest BCUT2D eigenvalue weighted by Crippen LogP contribution is -2.46. The van der Waals surface area contributed by atoms with E-state index in [9.17, 15) is 0 Å². The summed E-state index contributed by atoms with van der Waals surface area (Å²) >= 11 is 0. The van der Waals surface area contributed by atoms with Crippen molar-refractivity contribution in [2.24, 2.45) is 0 Å². The van der Waals surface area contributed by atoms with Crippen LogP contribution in [0.2, 0.25) is 0 Å². The first-order valence-electron chi connectivity index (χ1n) is 10.5. The van der Waals surface area contributed by atoms with Gasteiger partial charge in [-0.3, -0.25) is 4.90 Å². The standard InChI is InChI=1S/C23H30N4O3/c1-26(12-10-17-7-9-22(28-2)23(14-17)29-3)19-5-4-11-27(16-19)15-18-6-8-20-21(13-18)25-30-24-20/h6-9,13-14,19H,4-5,10-12,15-16H2,1-3H3/t19-/m1/s1. The molecule has 4 rings (SSSR count). The minimum atomic E-state index is 0.566. The van der Waals surface area contributed by atoms with E-state index in [0.717, 1.165) is 55.1 Å². The minimum Gasteiger partial charge on any atom is -0.493 e. The van der Waals surface area contributed by atoms with E-state index in [-0.39, 0.29) is 0 Å². The molecule has 3 aromatic rings. The van der Waals surface area contributed by atoms with Gasteiger partial charge in [0.1, 0.15) is 11.0 Å². The summed E-state index contributed by atoms with van der Waals surface area (Å²) in [6.45, 7) is 4.17. The highest BCUT2D eigenvalue weighted by Crippen LogP contribution is 2.28. The zero-order valence-corrected chi connectivity index (χ0v) is 18.0. The maximum absolute atomic E-state index is 5.43. The SMILES string of the molecule is COc1ccc(CCN(C)[C@@H]2CCCN(Cc3ccc4nonc4c3)C2)cc1OC. The van der Waals surface area contributed by atoms with Gasteiger partial charge in [0.15, 0.2) is 11.5 Å². The second kappa shape index (κ2) is 9.45. The van der Waals surface area contributed by atoms with Crippen LogP contribution in [0.4, 0.5) is 0 Å². The molecule has 30 heavy (non-hydrogen) atoms. The molecule has 160 valence electrons. The molecule has 2 heterocycles. The molecule has 7 heteroatoms. The van der Waals surface area contributed by atoms with Gasteiger partial charge < -0.3 is 14.4 Å². The Balaban J connectivity index is 1.32. The summed E-state index contributed by atoms with van der Waals surface area (Å²) in [7, 11) is 5.59. The molecule has 1 saturated heterocycles. The van der Waals surface area contributed by atoms with Crippen molar-refractivity contribution in [2.75, 3.05) is 40.9 Å². The van der Waals surface area contributed by atoms with Crippen LogP contribution >= 0.6 is 0 Å². The van der Waals surface area contributed by atoms with Crippen LogP contribution in [-0.4, -0.2) is 67.1 Å². The van der Waals surface area contributed by atoms with E-state index in [4.69, 9.17) is 14.1 Å². The number of nitrogens with zero attached hydrogens (tertiary/aromatic N) is 4. The topological polar surface area (TPSA) is 63.9 Å². The number of aromatic nitrogens is 2. The Hall–Kier alpha value is -2.64. The fourth-order valence-corrected chi connectivity index (χ4v) is 4.24. The van der Waals surface area contributed by atoms with E-state index in [1.807, 2.05) is 12.1 Å². The van der Waals surface area contributed by atoms with E-state index in [1.54, 1.807) is 14.2 Å². The van der Waals surface area contributed by atoms with Crippen molar-refractivity contribution in [3.05, 3.63) is 47.5 Å². The van der Waals surface area contributed by atoms with Crippen molar-refractivity contribution >= 4 is 11.0 Å². The first-order valence-corrected chi connectivity index (χ1v) is 10.5. The Morgan fingerprint density at radius 3 is 2.67 bits per heavy atom. The number of ether oxygens (including phenoxy) is 2. The summed E-state index contributed by atoms with van der Waals surface area (Å²) in [5.41, 5.74) is 4.16. The molecule has 1 aromatic heterocycles. The van der Waals surface area contributed by atoms with Crippen molar-refractivity contribution in [1.29, 1.82) is 0 Å². The van der Waals surface area contributed by atoms with Crippen LogP contribution in [0.1, 0.15) is 24.0 Å². The number of piperidine rings is 1. The molecule has 0 aliphatic carbocycles. The van der Waals surface area contributed by atoms with Crippen LogP contribution in [0, 0.1) is 0 Å². The Bertz CT molecular complexity index is 974. The predicted octanol–water partition coefficient (Wildman–Crippen LogP) is 3.38. The molecule has 1 aliphatic heterocycles. The number of hydrogen-bond acceptors (Lipinski definition) is 7. The number of fused-ring (bicyclic) bond motifs is 1. The molecule has 0 saturated carbocycles. The number of benzene rings is 2. The third-order valence-electron chi connectivity index (χ3n) is 6.03. The van der Waals surface area contributed by atoms with E-state index in [0.29, 0.717) is 6.04 Å². The summed E-state index contributed by atoms with van der Waals surface area (Å²) in [4.78, 5) is 5.03. The summed E-state index contributed by atoms with van der Waals surface area (Å²) in [5.74, 6) is 1.57. The number of hydrogen-bond donors (Lipinski definition) is 0. The lowest BCUT2D eigenvalue weighted by Gasteiger charge is -2.37. The van der Waals surface area contributed by atoms with Crippen LogP contribution < -0.4 is 9.47 Å². The maximum atomic E-state index is 5.43. The molecule has 2 aromatic carbocycles. The predicted molar refractivity (Wildman–Crippen MR) is 116 cm³/mol. The van der Waals surface area contributed by atoms with E-state index in [1.165, 1.54) is 24.0 Å². The average Bonchev–Trinajstić information content (AvgIpc) is 3.25. The van der Waals surface area contributed by atoms with E-state index >= 15 is 0 Å². The number of rotatable bonds is 8. The fourth-order valence-electron chi connectivity index (χ4n) is 4.24. The molecule has 7 nitrogen and oxygen atoms in total. The molecular formula is C23H30N4O3. The monoisotopic (exact) mass is 410 g/mol. The highest BCUT2D eigenvalue weighted by atomic mass is 16.6. The molecular weight excluding hydrogens is 380 g/mol. The zero-order valence-electron chi connectivity index (χ0n) is 18.0. The lowest BCUT2D eigenvalue weighted by atomic mass is 10.0. The van der Waals surface area contributed by atoms with Crippen molar-refractivity contribution in [3.8, 4) is 11.5 Å². The molecule has 1 fully saturated rings. The Kier molecular flexibility index (Phi) is 6.50. The third kappa shape index (κ3) is 4.74. The molecule has 0 amide bonds. The van der Waals surface area contributed by atoms with Crippen molar-refractivity contribution in [1.82, 2.24) is 20.1 Å². The van der Waals surface area contributed by atoms with Gasteiger partial charge in [0.2, 0.25) is 0 Å². The summed E-state index contributed by atoms with van der Waals surface area (Å²) in [6, 6.07) is 12.9. The fraction of sp³-hybridized carbons (Fsp3) is 0.478. The van der Waals surface area contributed by atoms with Crippen molar-refractivity contribution in [2.45, 2.75) is 31.8 Å². The van der Waals surface area contributed by atoms with Crippen molar-refractivity contribution in [3.63, 3.8) is 0 Å². The van der Waals surface area contributed by atoms with Crippen LogP contribution in [-0.2, 0) is 13.0 Å². The average molecular weight is 411 g/mol. The molecule has 0 N–H and O–H groups in total. The Labute approximate surface area is 177 Å². The number of likely N-dealkylation sites (N-methyl/N-ethyl adjacent to an activating group) is 1. The zero-order chi connectivity index (χ0) is 20.9. The molecule has 0 radical (unpaired) electrons. The van der Waals surface area contributed by atoms with Gasteiger partial charge in [0.25, 0.3) is 0 Å². The van der Waals surface area contributed by atoms with Gasteiger partial charge in [-0.15, -0.1) is 0 Å². The maximum Gasteiger partial charge on any atom is 0.160 e.